The van der Waals surface area contributed by atoms with E-state index in [9.17, 15) is 0 Å². The second-order valence-electron chi connectivity index (χ2n) is 3.07. The minimum absolute atomic E-state index is 0.0784. The van der Waals surface area contributed by atoms with Gasteiger partial charge in [-0.25, -0.2) is 0 Å². The minimum Gasteiger partial charge on any atom is -0.337 e. The summed E-state index contributed by atoms with van der Waals surface area (Å²) in [4.78, 5) is 5.31. The number of hydrogen-bond donors (Lipinski definition) is 1. The van der Waals surface area contributed by atoms with Crippen LogP contribution in [0.4, 0.5) is 0 Å². The van der Waals surface area contributed by atoms with Crippen molar-refractivity contribution in [2.75, 3.05) is 7.05 Å². The Kier molecular flexibility index (Phi) is 3.18. The van der Waals surface area contributed by atoms with Gasteiger partial charge in [-0.05, 0) is 42.0 Å². The summed E-state index contributed by atoms with van der Waals surface area (Å²) in [6.07, 6.45) is 0. The Morgan fingerprint density at radius 1 is 1.53 bits per heavy atom. The van der Waals surface area contributed by atoms with Gasteiger partial charge in [-0.15, -0.1) is 11.3 Å². The molecule has 0 spiro atoms. The van der Waals surface area contributed by atoms with E-state index in [0.717, 1.165) is 8.66 Å². The van der Waals surface area contributed by atoms with Gasteiger partial charge < -0.3 is 9.84 Å². The average molecular weight is 288 g/mol. The third kappa shape index (κ3) is 2.27. The van der Waals surface area contributed by atoms with Crippen molar-refractivity contribution in [3.05, 3.63) is 21.8 Å². The average Bonchev–Trinajstić information content (AvgIpc) is 2.84. The molecule has 0 aromatic carbocycles. The summed E-state index contributed by atoms with van der Waals surface area (Å²) < 4.78 is 6.21. The van der Waals surface area contributed by atoms with Crippen molar-refractivity contribution in [2.24, 2.45) is 0 Å². The van der Waals surface area contributed by atoms with Gasteiger partial charge in [0.2, 0.25) is 11.7 Å². The highest BCUT2D eigenvalue weighted by molar-refractivity contribution is 9.11. The quantitative estimate of drug-likeness (QED) is 0.943. The zero-order chi connectivity index (χ0) is 10.8. The normalized spacial score (nSPS) is 13.0. The molecule has 1 unspecified atom stereocenters. The Morgan fingerprint density at radius 2 is 2.33 bits per heavy atom. The molecule has 0 aliphatic carbocycles. The molecule has 0 radical (unpaired) electrons. The summed E-state index contributed by atoms with van der Waals surface area (Å²) in [5.74, 6) is 1.25. The summed E-state index contributed by atoms with van der Waals surface area (Å²) in [5, 5.41) is 6.98. The number of rotatable bonds is 3. The van der Waals surface area contributed by atoms with Crippen molar-refractivity contribution < 1.29 is 4.52 Å². The van der Waals surface area contributed by atoms with Crippen LogP contribution in [-0.2, 0) is 0 Å². The van der Waals surface area contributed by atoms with Crippen molar-refractivity contribution in [3.8, 4) is 10.7 Å². The number of halogens is 1. The van der Waals surface area contributed by atoms with Crippen LogP contribution in [0, 0.1) is 0 Å². The molecule has 0 bridgehead atoms. The summed E-state index contributed by atoms with van der Waals surface area (Å²) in [6, 6.07) is 4.01. The van der Waals surface area contributed by atoms with Crippen molar-refractivity contribution in [3.63, 3.8) is 0 Å². The molecule has 1 N–H and O–H groups in total. The van der Waals surface area contributed by atoms with Crippen LogP contribution in [-0.4, -0.2) is 17.2 Å². The van der Waals surface area contributed by atoms with Crippen LogP contribution < -0.4 is 5.32 Å². The summed E-state index contributed by atoms with van der Waals surface area (Å²) in [7, 11) is 1.86. The summed E-state index contributed by atoms with van der Waals surface area (Å²) >= 11 is 4.98. The Hall–Kier alpha value is -0.720. The molecule has 0 aliphatic heterocycles. The van der Waals surface area contributed by atoms with Crippen molar-refractivity contribution in [2.45, 2.75) is 13.0 Å². The lowest BCUT2D eigenvalue weighted by Crippen LogP contribution is -2.12. The number of nitrogens with one attached hydrogen (secondary N) is 1. The first-order valence-corrected chi connectivity index (χ1v) is 6.08. The topological polar surface area (TPSA) is 51.0 Å². The molecule has 15 heavy (non-hydrogen) atoms. The molecular formula is C9H10BrN3OS. The molecule has 0 aliphatic rings. The Morgan fingerprint density at radius 3 is 2.93 bits per heavy atom. The SMILES string of the molecule is CNC(C)c1nc(-c2ccc(Br)s2)no1. The molecule has 6 heteroatoms. The Balaban J connectivity index is 2.27. The lowest BCUT2D eigenvalue weighted by atomic mass is 10.3. The van der Waals surface area contributed by atoms with Gasteiger partial charge in [-0.2, -0.15) is 4.98 Å². The first-order chi connectivity index (χ1) is 7.20. The van der Waals surface area contributed by atoms with E-state index in [1.54, 1.807) is 11.3 Å². The minimum atomic E-state index is 0.0784. The lowest BCUT2D eigenvalue weighted by molar-refractivity contribution is 0.347. The van der Waals surface area contributed by atoms with Gasteiger partial charge in [0, 0.05) is 0 Å². The third-order valence-corrected chi connectivity index (χ3v) is 3.66. The Labute approximate surface area is 99.8 Å². The summed E-state index contributed by atoms with van der Waals surface area (Å²) in [5.41, 5.74) is 0. The molecule has 4 nitrogen and oxygen atoms in total. The van der Waals surface area contributed by atoms with Crippen LogP contribution in [0.1, 0.15) is 18.9 Å². The van der Waals surface area contributed by atoms with Crippen LogP contribution in [0.2, 0.25) is 0 Å². The van der Waals surface area contributed by atoms with Gasteiger partial charge >= 0.3 is 0 Å². The molecule has 2 aromatic heterocycles. The van der Waals surface area contributed by atoms with Gasteiger partial charge in [0.25, 0.3) is 0 Å². The Bertz CT molecular complexity index is 454. The predicted molar refractivity (Wildman–Crippen MR) is 62.8 cm³/mol. The fourth-order valence-electron chi connectivity index (χ4n) is 1.07. The molecule has 80 valence electrons. The summed E-state index contributed by atoms with van der Waals surface area (Å²) in [6.45, 7) is 1.97. The number of nitrogens with zero attached hydrogens (tertiary/aromatic N) is 2. The highest BCUT2D eigenvalue weighted by Gasteiger charge is 2.14. The molecule has 0 amide bonds. The van der Waals surface area contributed by atoms with Crippen LogP contribution >= 0.6 is 27.3 Å². The maximum atomic E-state index is 5.15. The second kappa shape index (κ2) is 4.42. The van der Waals surface area contributed by atoms with Gasteiger partial charge in [0.1, 0.15) is 0 Å². The molecule has 0 saturated carbocycles. The molecule has 2 aromatic rings. The maximum Gasteiger partial charge on any atom is 0.243 e. The van der Waals surface area contributed by atoms with E-state index in [0.29, 0.717) is 11.7 Å². The van der Waals surface area contributed by atoms with Crippen LogP contribution in [0.5, 0.6) is 0 Å². The smallest absolute Gasteiger partial charge is 0.243 e. The molecule has 1 atom stereocenters. The van der Waals surface area contributed by atoms with Gasteiger partial charge in [-0.1, -0.05) is 5.16 Å². The van der Waals surface area contributed by atoms with E-state index in [-0.39, 0.29) is 6.04 Å². The van der Waals surface area contributed by atoms with E-state index in [4.69, 9.17) is 4.52 Å². The van der Waals surface area contributed by atoms with Crippen molar-refractivity contribution in [1.82, 2.24) is 15.5 Å². The zero-order valence-corrected chi connectivity index (χ0v) is 10.7. The highest BCUT2D eigenvalue weighted by Crippen LogP contribution is 2.29. The van der Waals surface area contributed by atoms with E-state index in [1.807, 2.05) is 26.1 Å². The monoisotopic (exact) mass is 287 g/mol. The van der Waals surface area contributed by atoms with E-state index in [1.165, 1.54) is 0 Å². The maximum absolute atomic E-state index is 5.15. The van der Waals surface area contributed by atoms with Crippen LogP contribution in [0.15, 0.2) is 20.4 Å². The molecule has 0 fully saturated rings. The fourth-order valence-corrected chi connectivity index (χ4v) is 2.38. The molecule has 2 rings (SSSR count). The number of hydrogen-bond acceptors (Lipinski definition) is 5. The van der Waals surface area contributed by atoms with E-state index in [2.05, 4.69) is 31.4 Å². The van der Waals surface area contributed by atoms with Crippen LogP contribution in [0.25, 0.3) is 10.7 Å². The largest absolute Gasteiger partial charge is 0.337 e. The first kappa shape index (κ1) is 10.8. The zero-order valence-electron chi connectivity index (χ0n) is 8.32. The standard InChI is InChI=1S/C9H10BrN3OS/c1-5(11-2)9-12-8(13-14-9)6-3-4-7(10)15-6/h3-5,11H,1-2H3. The third-order valence-electron chi connectivity index (χ3n) is 2.04. The molecular weight excluding hydrogens is 278 g/mol. The van der Waals surface area contributed by atoms with E-state index < -0.39 is 0 Å². The first-order valence-electron chi connectivity index (χ1n) is 4.47. The number of thiophene rings is 1. The van der Waals surface area contributed by atoms with Gasteiger partial charge in [0.05, 0.1) is 14.7 Å². The fraction of sp³-hybridized carbons (Fsp3) is 0.333. The van der Waals surface area contributed by atoms with Crippen molar-refractivity contribution in [1.29, 1.82) is 0 Å². The lowest BCUT2D eigenvalue weighted by Gasteiger charge is -2.01. The molecule has 0 saturated heterocycles. The van der Waals surface area contributed by atoms with Crippen LogP contribution in [0.3, 0.4) is 0 Å². The predicted octanol–water partition coefficient (Wildman–Crippen LogP) is 2.84. The number of aromatic nitrogens is 2. The second-order valence-corrected chi connectivity index (χ2v) is 5.53. The molecule has 2 heterocycles. The van der Waals surface area contributed by atoms with Gasteiger partial charge in [0.15, 0.2) is 0 Å². The van der Waals surface area contributed by atoms with Gasteiger partial charge in [-0.3, -0.25) is 0 Å². The van der Waals surface area contributed by atoms with Crippen molar-refractivity contribution >= 4 is 27.3 Å². The highest BCUT2D eigenvalue weighted by atomic mass is 79.9. The van der Waals surface area contributed by atoms with E-state index >= 15 is 0 Å².